The number of hydrogen-bond donors (Lipinski definition) is 2. The predicted molar refractivity (Wildman–Crippen MR) is 86.8 cm³/mol. The molecule has 0 bridgehead atoms. The standard InChI is InChI=1S/C14H18N2O4S2/c1-14(4-5-22(17,18)8-14)16-13(21)15-7-10-2-3-11-12(6-10)20-9-19-11/h2-3,6H,4-5,7-9H2,1H3,(H2,15,16,21)/t14-/m0/s1. The van der Waals surface area contributed by atoms with Crippen LogP contribution >= 0.6 is 12.2 Å². The minimum Gasteiger partial charge on any atom is -0.454 e. The number of benzene rings is 1. The number of rotatable bonds is 3. The first-order valence-corrected chi connectivity index (χ1v) is 9.23. The number of sulfone groups is 1. The van der Waals surface area contributed by atoms with Gasteiger partial charge < -0.3 is 20.1 Å². The van der Waals surface area contributed by atoms with E-state index in [9.17, 15) is 8.42 Å². The molecule has 1 saturated heterocycles. The Kier molecular flexibility index (Phi) is 3.90. The van der Waals surface area contributed by atoms with Crippen LogP contribution in [0.3, 0.4) is 0 Å². The zero-order chi connectivity index (χ0) is 15.8. The first-order valence-electron chi connectivity index (χ1n) is 7.00. The summed E-state index contributed by atoms with van der Waals surface area (Å²) in [5.41, 5.74) is 0.523. The predicted octanol–water partition coefficient (Wildman–Crippen LogP) is 0.957. The topological polar surface area (TPSA) is 76.7 Å². The molecular formula is C14H18N2O4S2. The van der Waals surface area contributed by atoms with Crippen molar-refractivity contribution in [3.05, 3.63) is 23.8 Å². The van der Waals surface area contributed by atoms with Gasteiger partial charge >= 0.3 is 0 Å². The molecule has 0 saturated carbocycles. The maximum Gasteiger partial charge on any atom is 0.231 e. The van der Waals surface area contributed by atoms with Crippen molar-refractivity contribution in [1.29, 1.82) is 0 Å². The van der Waals surface area contributed by atoms with Gasteiger partial charge in [0.1, 0.15) is 0 Å². The molecule has 1 aromatic carbocycles. The normalized spacial score (nSPS) is 25.0. The molecule has 22 heavy (non-hydrogen) atoms. The fraction of sp³-hybridized carbons (Fsp3) is 0.500. The van der Waals surface area contributed by atoms with Crippen molar-refractivity contribution >= 4 is 27.2 Å². The summed E-state index contributed by atoms with van der Waals surface area (Å²) in [5, 5.41) is 6.67. The van der Waals surface area contributed by atoms with Crippen LogP contribution in [-0.4, -0.2) is 37.4 Å². The van der Waals surface area contributed by atoms with Crippen LogP contribution in [0.1, 0.15) is 18.9 Å². The molecule has 2 heterocycles. The Hall–Kier alpha value is -1.54. The van der Waals surface area contributed by atoms with Crippen LogP contribution in [0.25, 0.3) is 0 Å². The summed E-state index contributed by atoms with van der Waals surface area (Å²) < 4.78 is 33.8. The highest BCUT2D eigenvalue weighted by atomic mass is 32.2. The lowest BCUT2D eigenvalue weighted by molar-refractivity contribution is 0.174. The van der Waals surface area contributed by atoms with E-state index in [1.807, 2.05) is 25.1 Å². The number of ether oxygens (including phenoxy) is 2. The van der Waals surface area contributed by atoms with Crippen LogP contribution in [0.5, 0.6) is 11.5 Å². The van der Waals surface area contributed by atoms with E-state index >= 15 is 0 Å². The van der Waals surface area contributed by atoms with Crippen LogP contribution in [0.4, 0.5) is 0 Å². The summed E-state index contributed by atoms with van der Waals surface area (Å²) in [6.07, 6.45) is 0.571. The molecule has 1 aromatic rings. The summed E-state index contributed by atoms with van der Waals surface area (Å²) in [6.45, 7) is 2.66. The lowest BCUT2D eigenvalue weighted by atomic mass is 10.0. The first kappa shape index (κ1) is 15.4. The minimum absolute atomic E-state index is 0.117. The lowest BCUT2D eigenvalue weighted by Crippen LogP contribution is -2.50. The van der Waals surface area contributed by atoms with Crippen molar-refractivity contribution in [3.63, 3.8) is 0 Å². The molecule has 1 atom stereocenters. The monoisotopic (exact) mass is 342 g/mol. The highest BCUT2D eigenvalue weighted by Crippen LogP contribution is 2.32. The number of thiocarbonyl (C=S) groups is 1. The second-order valence-electron chi connectivity index (χ2n) is 5.90. The van der Waals surface area contributed by atoms with Gasteiger partial charge in [-0.1, -0.05) is 6.07 Å². The molecule has 6 nitrogen and oxygen atoms in total. The molecular weight excluding hydrogens is 324 g/mol. The van der Waals surface area contributed by atoms with E-state index in [4.69, 9.17) is 21.7 Å². The molecule has 2 N–H and O–H groups in total. The fourth-order valence-corrected chi connectivity index (χ4v) is 5.07. The van der Waals surface area contributed by atoms with Gasteiger partial charge in [-0.05, 0) is 43.3 Å². The van der Waals surface area contributed by atoms with Crippen LogP contribution in [-0.2, 0) is 16.4 Å². The minimum atomic E-state index is -2.95. The van der Waals surface area contributed by atoms with E-state index in [0.29, 0.717) is 18.1 Å². The second kappa shape index (κ2) is 5.58. The molecule has 2 aliphatic heterocycles. The van der Waals surface area contributed by atoms with E-state index in [1.165, 1.54) is 0 Å². The van der Waals surface area contributed by atoms with Crippen molar-refractivity contribution in [2.45, 2.75) is 25.4 Å². The maximum absolute atomic E-state index is 11.6. The first-order chi connectivity index (χ1) is 10.4. The van der Waals surface area contributed by atoms with Gasteiger partial charge in [-0.3, -0.25) is 0 Å². The van der Waals surface area contributed by atoms with Gasteiger partial charge in [-0.2, -0.15) is 0 Å². The highest BCUT2D eigenvalue weighted by Gasteiger charge is 2.38. The third-order valence-corrected chi connectivity index (χ3v) is 5.96. The Bertz CT molecular complexity index is 705. The van der Waals surface area contributed by atoms with Gasteiger partial charge in [0.2, 0.25) is 6.79 Å². The van der Waals surface area contributed by atoms with E-state index in [1.54, 1.807) is 0 Å². The van der Waals surface area contributed by atoms with Crippen molar-refractivity contribution in [3.8, 4) is 11.5 Å². The van der Waals surface area contributed by atoms with Gasteiger partial charge in [0, 0.05) is 6.54 Å². The molecule has 2 aliphatic rings. The average Bonchev–Trinajstić information content (AvgIpc) is 3.00. The van der Waals surface area contributed by atoms with Gasteiger partial charge in [-0.25, -0.2) is 8.42 Å². The van der Waals surface area contributed by atoms with Crippen LogP contribution in [0.2, 0.25) is 0 Å². The molecule has 0 unspecified atom stereocenters. The van der Waals surface area contributed by atoms with Crippen molar-refractivity contribution < 1.29 is 17.9 Å². The number of fused-ring (bicyclic) bond motifs is 1. The molecule has 0 spiro atoms. The summed E-state index contributed by atoms with van der Waals surface area (Å²) in [4.78, 5) is 0. The molecule has 120 valence electrons. The zero-order valence-corrected chi connectivity index (χ0v) is 13.9. The third kappa shape index (κ3) is 3.44. The molecule has 0 aliphatic carbocycles. The smallest absolute Gasteiger partial charge is 0.231 e. The lowest BCUT2D eigenvalue weighted by Gasteiger charge is -2.26. The van der Waals surface area contributed by atoms with E-state index < -0.39 is 15.4 Å². The van der Waals surface area contributed by atoms with E-state index in [0.717, 1.165) is 17.1 Å². The Morgan fingerprint density at radius 3 is 2.86 bits per heavy atom. The maximum atomic E-state index is 11.6. The van der Waals surface area contributed by atoms with E-state index in [2.05, 4.69) is 10.6 Å². The largest absolute Gasteiger partial charge is 0.454 e. The molecule has 0 aromatic heterocycles. The van der Waals surface area contributed by atoms with Crippen molar-refractivity contribution in [2.75, 3.05) is 18.3 Å². The van der Waals surface area contributed by atoms with Gasteiger partial charge in [-0.15, -0.1) is 0 Å². The summed E-state index contributed by atoms with van der Waals surface area (Å²) in [5.74, 6) is 1.80. The highest BCUT2D eigenvalue weighted by molar-refractivity contribution is 7.91. The molecule has 1 fully saturated rings. The van der Waals surface area contributed by atoms with Crippen LogP contribution < -0.4 is 20.1 Å². The van der Waals surface area contributed by atoms with Crippen molar-refractivity contribution in [2.24, 2.45) is 0 Å². The van der Waals surface area contributed by atoms with Crippen LogP contribution in [0, 0.1) is 0 Å². The average molecular weight is 342 g/mol. The summed E-state index contributed by atoms with van der Waals surface area (Å²) in [6, 6.07) is 5.70. The quantitative estimate of drug-likeness (QED) is 0.792. The molecule has 3 rings (SSSR count). The van der Waals surface area contributed by atoms with Gasteiger partial charge in [0.25, 0.3) is 0 Å². The number of hydrogen-bond acceptors (Lipinski definition) is 5. The fourth-order valence-electron chi connectivity index (χ4n) is 2.66. The Labute approximate surface area is 135 Å². The van der Waals surface area contributed by atoms with Gasteiger partial charge in [0.05, 0.1) is 17.0 Å². The van der Waals surface area contributed by atoms with Gasteiger partial charge in [0.15, 0.2) is 26.4 Å². The van der Waals surface area contributed by atoms with E-state index in [-0.39, 0.29) is 18.3 Å². The molecule has 0 amide bonds. The molecule has 0 radical (unpaired) electrons. The molecule has 8 heteroatoms. The third-order valence-electron chi connectivity index (χ3n) is 3.81. The summed E-state index contributed by atoms with van der Waals surface area (Å²) in [7, 11) is -2.95. The Morgan fingerprint density at radius 2 is 2.14 bits per heavy atom. The number of nitrogens with one attached hydrogen (secondary N) is 2. The summed E-state index contributed by atoms with van der Waals surface area (Å²) >= 11 is 5.26. The Morgan fingerprint density at radius 1 is 1.36 bits per heavy atom. The Balaban J connectivity index is 1.54. The second-order valence-corrected chi connectivity index (χ2v) is 8.49. The van der Waals surface area contributed by atoms with Crippen LogP contribution in [0.15, 0.2) is 18.2 Å². The van der Waals surface area contributed by atoms with Crippen molar-refractivity contribution in [1.82, 2.24) is 10.6 Å². The SMILES string of the molecule is C[C@]1(NC(=S)NCc2ccc3c(c2)OCO3)CCS(=O)(=O)C1. The zero-order valence-electron chi connectivity index (χ0n) is 12.2.